The van der Waals surface area contributed by atoms with Crippen molar-refractivity contribution in [2.24, 2.45) is 7.05 Å². The fraction of sp³-hybridized carbons (Fsp3) is 0.562. The molecule has 2 aromatic heterocycles. The number of alkyl halides is 3. The van der Waals surface area contributed by atoms with Crippen molar-refractivity contribution in [1.29, 1.82) is 0 Å². The fourth-order valence-corrected chi connectivity index (χ4v) is 5.38. The number of hydrogen-bond acceptors (Lipinski definition) is 5. The van der Waals surface area contributed by atoms with Gasteiger partial charge < -0.3 is 9.64 Å². The third-order valence-corrected chi connectivity index (χ3v) is 6.56. The summed E-state index contributed by atoms with van der Waals surface area (Å²) in [6, 6.07) is 1.00. The quantitative estimate of drug-likeness (QED) is 0.710. The maximum atomic E-state index is 13.1. The van der Waals surface area contributed by atoms with Crippen molar-refractivity contribution in [3.05, 3.63) is 32.7 Å². The van der Waals surface area contributed by atoms with E-state index in [9.17, 15) is 18.0 Å². The molecule has 4 rings (SSSR count). The molecule has 2 aliphatic rings. The average Bonchev–Trinajstić information content (AvgIpc) is 3.19. The molecule has 0 unspecified atom stereocenters. The van der Waals surface area contributed by atoms with Crippen molar-refractivity contribution in [1.82, 2.24) is 19.9 Å². The van der Waals surface area contributed by atoms with E-state index in [-0.39, 0.29) is 19.4 Å². The minimum Gasteiger partial charge on any atom is -0.369 e. The zero-order valence-electron chi connectivity index (χ0n) is 14.3. The largest absolute Gasteiger partial charge is 0.471 e. The van der Waals surface area contributed by atoms with E-state index in [1.165, 1.54) is 22.2 Å². The smallest absolute Gasteiger partial charge is 0.369 e. The van der Waals surface area contributed by atoms with Crippen LogP contribution in [-0.4, -0.2) is 45.1 Å². The number of likely N-dealkylation sites (tertiary alicyclic amines) is 1. The first kappa shape index (κ1) is 18.7. The maximum Gasteiger partial charge on any atom is 0.471 e. The highest BCUT2D eigenvalue weighted by atomic mass is 35.5. The van der Waals surface area contributed by atoms with Gasteiger partial charge in [-0.2, -0.15) is 13.2 Å². The van der Waals surface area contributed by atoms with E-state index in [2.05, 4.69) is 10.3 Å². The molecule has 6 nitrogen and oxygen atoms in total. The molecule has 1 saturated heterocycles. The lowest BCUT2D eigenvalue weighted by molar-refractivity contribution is -0.196. The van der Waals surface area contributed by atoms with Gasteiger partial charge >= 0.3 is 12.1 Å². The summed E-state index contributed by atoms with van der Waals surface area (Å²) < 4.78 is 47.5. The second-order valence-corrected chi connectivity index (χ2v) is 8.46. The lowest BCUT2D eigenvalue weighted by Crippen LogP contribution is -2.52. The zero-order valence-corrected chi connectivity index (χ0v) is 15.9. The van der Waals surface area contributed by atoms with Crippen LogP contribution in [0.25, 0.3) is 0 Å². The Labute approximate surface area is 161 Å². The topological polar surface area (TPSA) is 60.2 Å². The summed E-state index contributed by atoms with van der Waals surface area (Å²) in [4.78, 5) is 13.8. The van der Waals surface area contributed by atoms with Gasteiger partial charge in [0.1, 0.15) is 11.3 Å². The van der Waals surface area contributed by atoms with Gasteiger partial charge in [0.2, 0.25) is 0 Å². The minimum atomic E-state index is -4.95. The van der Waals surface area contributed by atoms with Gasteiger partial charge in [0.25, 0.3) is 0 Å². The number of piperidine rings is 1. The Morgan fingerprint density at radius 3 is 2.93 bits per heavy atom. The molecule has 0 saturated carbocycles. The lowest BCUT2D eigenvalue weighted by atomic mass is 9.80. The Kier molecular flexibility index (Phi) is 4.47. The Balaban J connectivity index is 1.74. The highest BCUT2D eigenvalue weighted by Crippen LogP contribution is 2.51. The second-order valence-electron chi connectivity index (χ2n) is 6.78. The van der Waals surface area contributed by atoms with Crippen molar-refractivity contribution in [2.75, 3.05) is 13.2 Å². The number of carbonyl (C=O) groups excluding carboxylic acids is 1. The molecular formula is C16H16ClF3N4O2S. The van der Waals surface area contributed by atoms with E-state index in [0.717, 1.165) is 15.3 Å². The summed E-state index contributed by atoms with van der Waals surface area (Å²) in [5.74, 6) is -1.87. The SMILES string of the molecule is Cn1cc([C@@H]2C[C@]3(CCN2C(=O)C(F)(F)F)OCCc2cc(Cl)sc23)nn1. The first-order chi connectivity index (χ1) is 12.7. The Morgan fingerprint density at radius 1 is 1.48 bits per heavy atom. The van der Waals surface area contributed by atoms with Crippen molar-refractivity contribution >= 4 is 28.8 Å². The van der Waals surface area contributed by atoms with E-state index >= 15 is 0 Å². The van der Waals surface area contributed by atoms with Crippen LogP contribution in [0, 0.1) is 0 Å². The van der Waals surface area contributed by atoms with Gasteiger partial charge in [0, 0.05) is 24.9 Å². The van der Waals surface area contributed by atoms with E-state index in [0.29, 0.717) is 23.1 Å². The molecular weight excluding hydrogens is 405 g/mol. The van der Waals surface area contributed by atoms with Crippen molar-refractivity contribution in [2.45, 2.75) is 37.1 Å². The molecule has 2 aromatic rings. The van der Waals surface area contributed by atoms with E-state index in [1.54, 1.807) is 7.05 Å². The summed E-state index contributed by atoms with van der Waals surface area (Å²) in [6.07, 6.45) is -2.25. The van der Waals surface area contributed by atoms with Crippen molar-refractivity contribution in [3.63, 3.8) is 0 Å². The molecule has 27 heavy (non-hydrogen) atoms. The number of aryl methyl sites for hydroxylation is 1. The van der Waals surface area contributed by atoms with Crippen LogP contribution < -0.4 is 0 Å². The van der Waals surface area contributed by atoms with Gasteiger partial charge in [-0.15, -0.1) is 16.4 Å². The number of halogens is 4. The highest BCUT2D eigenvalue weighted by Gasteiger charge is 2.52. The van der Waals surface area contributed by atoms with Gasteiger partial charge in [-0.05, 0) is 24.5 Å². The molecule has 1 spiro atoms. The molecule has 0 aliphatic carbocycles. The molecule has 2 aliphatic heterocycles. The van der Waals surface area contributed by atoms with Crippen LogP contribution >= 0.6 is 22.9 Å². The van der Waals surface area contributed by atoms with Gasteiger partial charge in [-0.1, -0.05) is 16.8 Å². The molecule has 1 fully saturated rings. The minimum absolute atomic E-state index is 0.0887. The Morgan fingerprint density at radius 2 is 2.26 bits per heavy atom. The monoisotopic (exact) mass is 420 g/mol. The summed E-state index contributed by atoms with van der Waals surface area (Å²) in [5, 5.41) is 7.78. The van der Waals surface area contributed by atoms with E-state index in [1.807, 2.05) is 6.07 Å². The van der Waals surface area contributed by atoms with Crippen LogP contribution in [-0.2, 0) is 28.6 Å². The number of rotatable bonds is 1. The van der Waals surface area contributed by atoms with Crippen LogP contribution in [0.4, 0.5) is 13.2 Å². The molecule has 0 N–H and O–H groups in total. The van der Waals surface area contributed by atoms with Gasteiger partial charge in [0.05, 0.1) is 23.2 Å². The normalized spacial score (nSPS) is 25.7. The number of fused-ring (bicyclic) bond motifs is 2. The number of thiophene rings is 1. The maximum absolute atomic E-state index is 13.1. The Hall–Kier alpha value is -1.65. The van der Waals surface area contributed by atoms with Crippen molar-refractivity contribution in [3.8, 4) is 0 Å². The first-order valence-electron chi connectivity index (χ1n) is 8.36. The molecule has 11 heteroatoms. The fourth-order valence-electron chi connectivity index (χ4n) is 3.90. The van der Waals surface area contributed by atoms with Crippen molar-refractivity contribution < 1.29 is 22.7 Å². The summed E-state index contributed by atoms with van der Waals surface area (Å²) in [6.45, 7) is 0.370. The van der Waals surface area contributed by atoms with Crippen LogP contribution in [0.5, 0.6) is 0 Å². The van der Waals surface area contributed by atoms with Gasteiger partial charge in [0.15, 0.2) is 0 Å². The van der Waals surface area contributed by atoms with Gasteiger partial charge in [-0.25, -0.2) is 0 Å². The highest BCUT2D eigenvalue weighted by molar-refractivity contribution is 7.16. The van der Waals surface area contributed by atoms with Crippen LogP contribution in [0.2, 0.25) is 4.34 Å². The second kappa shape index (κ2) is 6.46. The number of carbonyl (C=O) groups is 1. The molecule has 1 amide bonds. The standard InChI is InChI=1S/C16H16ClF3N4O2S/c1-23-8-10(21-22-23)11-7-15(3-4-24(11)14(25)16(18,19)20)13-9(2-5-26-15)6-12(17)27-13/h6,8,11H,2-5,7H2,1H3/t11-,15-/m0/s1. The number of amides is 1. The molecule has 4 heterocycles. The number of hydrogen-bond donors (Lipinski definition) is 0. The molecule has 2 atom stereocenters. The molecule has 0 radical (unpaired) electrons. The van der Waals surface area contributed by atoms with Crippen LogP contribution in [0.15, 0.2) is 12.3 Å². The zero-order chi connectivity index (χ0) is 19.4. The first-order valence-corrected chi connectivity index (χ1v) is 9.56. The summed E-state index contributed by atoms with van der Waals surface area (Å²) in [7, 11) is 1.62. The number of ether oxygens (including phenoxy) is 1. The Bertz CT molecular complexity index is 883. The van der Waals surface area contributed by atoms with Crippen LogP contribution in [0.3, 0.4) is 0 Å². The van der Waals surface area contributed by atoms with E-state index < -0.39 is 23.7 Å². The van der Waals surface area contributed by atoms with Crippen LogP contribution in [0.1, 0.15) is 35.0 Å². The number of aromatic nitrogens is 3. The average molecular weight is 421 g/mol. The predicted octanol–water partition coefficient (Wildman–Crippen LogP) is 3.22. The molecule has 0 aromatic carbocycles. The third kappa shape index (κ3) is 3.23. The number of nitrogens with zero attached hydrogens (tertiary/aromatic N) is 4. The molecule has 146 valence electrons. The lowest BCUT2D eigenvalue weighted by Gasteiger charge is -2.47. The van der Waals surface area contributed by atoms with E-state index in [4.69, 9.17) is 16.3 Å². The summed E-state index contributed by atoms with van der Waals surface area (Å²) >= 11 is 7.56. The summed E-state index contributed by atoms with van der Waals surface area (Å²) in [5.41, 5.74) is 0.605. The predicted molar refractivity (Wildman–Crippen MR) is 91.4 cm³/mol. The third-order valence-electron chi connectivity index (χ3n) is 5.06. The molecule has 0 bridgehead atoms. The van der Waals surface area contributed by atoms with Gasteiger partial charge in [-0.3, -0.25) is 9.48 Å².